The van der Waals surface area contributed by atoms with E-state index in [4.69, 9.17) is 4.74 Å². The Morgan fingerprint density at radius 3 is 2.68 bits per heavy atom. The molecular formula is C18H25N5O2. The molecule has 1 amide bonds. The number of piperazine rings is 1. The zero-order valence-electron chi connectivity index (χ0n) is 15.2. The Hall–Kier alpha value is -2.41. The molecule has 1 aromatic carbocycles. The quantitative estimate of drug-likeness (QED) is 0.916. The Morgan fingerprint density at radius 1 is 1.32 bits per heavy atom. The molecule has 1 aromatic heterocycles. The first-order valence-electron chi connectivity index (χ1n) is 8.68. The normalized spacial score (nSPS) is 17.8. The number of carbonyl (C=O) groups excluding carboxylic acids is 1. The van der Waals surface area contributed by atoms with Gasteiger partial charge in [0.2, 0.25) is 0 Å². The molecule has 1 atom stereocenters. The van der Waals surface area contributed by atoms with Crippen LogP contribution in [0.15, 0.2) is 24.3 Å². The maximum absolute atomic E-state index is 12.8. The Kier molecular flexibility index (Phi) is 5.03. The van der Waals surface area contributed by atoms with E-state index in [9.17, 15) is 4.79 Å². The first-order valence-corrected chi connectivity index (χ1v) is 8.68. The fraction of sp³-hybridized carbons (Fsp3) is 0.500. The number of nitrogens with one attached hydrogen (secondary N) is 1. The van der Waals surface area contributed by atoms with E-state index >= 15 is 0 Å². The van der Waals surface area contributed by atoms with Gasteiger partial charge in [0.1, 0.15) is 5.75 Å². The van der Waals surface area contributed by atoms with Crippen LogP contribution >= 0.6 is 0 Å². The molecule has 1 saturated heterocycles. The van der Waals surface area contributed by atoms with Gasteiger partial charge < -0.3 is 15.0 Å². The number of carbonyl (C=O) groups is 1. The van der Waals surface area contributed by atoms with Crippen LogP contribution in [0.4, 0.5) is 0 Å². The zero-order chi connectivity index (χ0) is 18.0. The van der Waals surface area contributed by atoms with Crippen LogP contribution in [-0.2, 0) is 0 Å². The molecule has 3 rings (SSSR count). The van der Waals surface area contributed by atoms with Crippen LogP contribution in [0.2, 0.25) is 0 Å². The second kappa shape index (κ2) is 7.23. The van der Waals surface area contributed by atoms with Gasteiger partial charge in [-0.05, 0) is 52.0 Å². The van der Waals surface area contributed by atoms with Gasteiger partial charge in [-0.1, -0.05) is 5.21 Å². The predicted octanol–water partition coefficient (Wildman–Crippen LogP) is 1.80. The lowest BCUT2D eigenvalue weighted by Gasteiger charge is -2.33. The van der Waals surface area contributed by atoms with Gasteiger partial charge in [0.25, 0.3) is 5.91 Å². The van der Waals surface area contributed by atoms with E-state index in [0.29, 0.717) is 12.2 Å². The van der Waals surface area contributed by atoms with Crippen LogP contribution in [0.5, 0.6) is 5.75 Å². The first kappa shape index (κ1) is 17.4. The molecule has 134 valence electrons. The SMILES string of the molecule is Cc1c(C(=O)N2CCNC[C@@H]2C)nnn1-c1ccc(OC(C)C)cc1. The second-order valence-electron chi connectivity index (χ2n) is 6.65. The topological polar surface area (TPSA) is 72.3 Å². The maximum Gasteiger partial charge on any atom is 0.276 e. The van der Waals surface area contributed by atoms with Crippen LogP contribution in [-0.4, -0.2) is 57.6 Å². The Morgan fingerprint density at radius 2 is 2.04 bits per heavy atom. The molecule has 2 heterocycles. The van der Waals surface area contributed by atoms with E-state index in [1.807, 2.05) is 56.9 Å². The highest BCUT2D eigenvalue weighted by Gasteiger charge is 2.28. The molecule has 1 N–H and O–H groups in total. The highest BCUT2D eigenvalue weighted by molar-refractivity contribution is 5.93. The zero-order valence-corrected chi connectivity index (χ0v) is 15.2. The summed E-state index contributed by atoms with van der Waals surface area (Å²) in [6.07, 6.45) is 0.129. The number of hydrogen-bond donors (Lipinski definition) is 1. The van der Waals surface area contributed by atoms with Crippen LogP contribution in [0.3, 0.4) is 0 Å². The Labute approximate surface area is 148 Å². The maximum atomic E-state index is 12.8. The third kappa shape index (κ3) is 3.66. The molecule has 0 bridgehead atoms. The molecule has 7 nitrogen and oxygen atoms in total. The monoisotopic (exact) mass is 343 g/mol. The van der Waals surface area contributed by atoms with E-state index in [-0.39, 0.29) is 18.1 Å². The van der Waals surface area contributed by atoms with Gasteiger partial charge in [0.05, 0.1) is 17.5 Å². The van der Waals surface area contributed by atoms with Gasteiger partial charge in [-0.2, -0.15) is 0 Å². The van der Waals surface area contributed by atoms with E-state index in [1.54, 1.807) is 4.68 Å². The fourth-order valence-corrected chi connectivity index (χ4v) is 2.99. The van der Waals surface area contributed by atoms with Crippen molar-refractivity contribution in [2.45, 2.75) is 39.8 Å². The molecular weight excluding hydrogens is 318 g/mol. The molecule has 7 heteroatoms. The summed E-state index contributed by atoms with van der Waals surface area (Å²) >= 11 is 0. The van der Waals surface area contributed by atoms with Crippen LogP contribution in [0.25, 0.3) is 5.69 Å². The van der Waals surface area contributed by atoms with E-state index in [1.165, 1.54) is 0 Å². The standard InChI is InChI=1S/C18H25N5O2/c1-12(2)25-16-7-5-15(6-8-16)23-14(4)17(20-21-23)18(24)22-10-9-19-11-13(22)3/h5-8,12-13,19H,9-11H2,1-4H3/t13-/m0/s1. The summed E-state index contributed by atoms with van der Waals surface area (Å²) in [4.78, 5) is 14.7. The molecule has 0 unspecified atom stereocenters. The number of hydrogen-bond acceptors (Lipinski definition) is 5. The molecule has 0 spiro atoms. The summed E-state index contributed by atoms with van der Waals surface area (Å²) in [7, 11) is 0. The third-order valence-electron chi connectivity index (χ3n) is 4.31. The molecule has 1 fully saturated rings. The van der Waals surface area contributed by atoms with Crippen molar-refractivity contribution in [3.63, 3.8) is 0 Å². The fourth-order valence-electron chi connectivity index (χ4n) is 2.99. The number of amides is 1. The summed E-state index contributed by atoms with van der Waals surface area (Å²) in [5.41, 5.74) is 2.01. The molecule has 25 heavy (non-hydrogen) atoms. The minimum Gasteiger partial charge on any atom is -0.491 e. The van der Waals surface area contributed by atoms with Crippen LogP contribution < -0.4 is 10.1 Å². The highest BCUT2D eigenvalue weighted by Crippen LogP contribution is 2.19. The lowest BCUT2D eigenvalue weighted by atomic mass is 10.2. The summed E-state index contributed by atoms with van der Waals surface area (Å²) < 4.78 is 7.35. The summed E-state index contributed by atoms with van der Waals surface area (Å²) in [5.74, 6) is 0.750. The molecule has 0 radical (unpaired) electrons. The van der Waals surface area contributed by atoms with Crippen LogP contribution in [0, 0.1) is 6.92 Å². The first-order chi connectivity index (χ1) is 12.0. The summed E-state index contributed by atoms with van der Waals surface area (Å²) in [5, 5.41) is 11.6. The Balaban J connectivity index is 1.82. The van der Waals surface area contributed by atoms with Gasteiger partial charge in [0.15, 0.2) is 5.69 Å². The largest absolute Gasteiger partial charge is 0.491 e. The molecule has 0 saturated carbocycles. The third-order valence-corrected chi connectivity index (χ3v) is 4.31. The smallest absolute Gasteiger partial charge is 0.276 e. The number of benzene rings is 1. The Bertz CT molecular complexity index is 738. The average Bonchev–Trinajstić information content (AvgIpc) is 2.96. The number of nitrogens with zero attached hydrogens (tertiary/aromatic N) is 4. The molecule has 1 aliphatic rings. The average molecular weight is 343 g/mol. The number of ether oxygens (including phenoxy) is 1. The van der Waals surface area contributed by atoms with Crippen molar-refractivity contribution < 1.29 is 9.53 Å². The van der Waals surface area contributed by atoms with Crippen molar-refractivity contribution in [2.24, 2.45) is 0 Å². The number of aromatic nitrogens is 3. The van der Waals surface area contributed by atoms with Gasteiger partial charge >= 0.3 is 0 Å². The summed E-state index contributed by atoms with van der Waals surface area (Å²) in [6, 6.07) is 7.78. The van der Waals surface area contributed by atoms with Crippen molar-refractivity contribution in [1.29, 1.82) is 0 Å². The second-order valence-corrected chi connectivity index (χ2v) is 6.65. The summed E-state index contributed by atoms with van der Waals surface area (Å²) in [6.45, 7) is 10.2. The highest BCUT2D eigenvalue weighted by atomic mass is 16.5. The lowest BCUT2D eigenvalue weighted by molar-refractivity contribution is 0.0649. The van der Waals surface area contributed by atoms with Crippen molar-refractivity contribution in [2.75, 3.05) is 19.6 Å². The van der Waals surface area contributed by atoms with Gasteiger partial charge in [0, 0.05) is 25.7 Å². The predicted molar refractivity (Wildman–Crippen MR) is 95.2 cm³/mol. The molecule has 0 aliphatic carbocycles. The van der Waals surface area contributed by atoms with E-state index in [0.717, 1.165) is 30.2 Å². The van der Waals surface area contributed by atoms with Gasteiger partial charge in [-0.15, -0.1) is 5.10 Å². The van der Waals surface area contributed by atoms with E-state index in [2.05, 4.69) is 15.6 Å². The van der Waals surface area contributed by atoms with Crippen molar-refractivity contribution >= 4 is 5.91 Å². The minimum absolute atomic E-state index is 0.0579. The van der Waals surface area contributed by atoms with E-state index < -0.39 is 0 Å². The van der Waals surface area contributed by atoms with Crippen molar-refractivity contribution in [3.8, 4) is 11.4 Å². The van der Waals surface area contributed by atoms with Crippen molar-refractivity contribution in [3.05, 3.63) is 35.7 Å². The van der Waals surface area contributed by atoms with Crippen LogP contribution in [0.1, 0.15) is 37.0 Å². The van der Waals surface area contributed by atoms with Gasteiger partial charge in [-0.25, -0.2) is 4.68 Å². The van der Waals surface area contributed by atoms with Gasteiger partial charge in [-0.3, -0.25) is 4.79 Å². The lowest BCUT2D eigenvalue weighted by Crippen LogP contribution is -2.52. The molecule has 1 aliphatic heterocycles. The minimum atomic E-state index is -0.0579. The van der Waals surface area contributed by atoms with Crippen molar-refractivity contribution in [1.82, 2.24) is 25.2 Å². The molecule has 2 aromatic rings. The number of rotatable bonds is 4.